The van der Waals surface area contributed by atoms with Gasteiger partial charge in [0.15, 0.2) is 0 Å². The summed E-state index contributed by atoms with van der Waals surface area (Å²) in [5.41, 5.74) is 6.32. The summed E-state index contributed by atoms with van der Waals surface area (Å²) in [6.07, 6.45) is 4.95. The van der Waals surface area contributed by atoms with E-state index in [1.807, 2.05) is 0 Å². The molecule has 0 saturated carbocycles. The summed E-state index contributed by atoms with van der Waals surface area (Å²) in [6, 6.07) is 0.970. The molecule has 1 aliphatic heterocycles. The second kappa shape index (κ2) is 6.61. The Morgan fingerprint density at radius 2 is 1.75 bits per heavy atom. The van der Waals surface area contributed by atoms with Crippen molar-refractivity contribution in [3.05, 3.63) is 0 Å². The van der Waals surface area contributed by atoms with Gasteiger partial charge in [-0.25, -0.2) is 0 Å². The van der Waals surface area contributed by atoms with Gasteiger partial charge in [-0.1, -0.05) is 34.1 Å². The van der Waals surface area contributed by atoms with Crippen LogP contribution in [-0.4, -0.2) is 30.1 Å². The summed E-state index contributed by atoms with van der Waals surface area (Å²) >= 11 is 0. The smallest absolute Gasteiger partial charge is 0.0244 e. The standard InChI is InChI=1S/C14H30N2/c1-5-7-13(15)14(6-2)16-9-11(3)8-12(4)10-16/h11-14H,5-10,15H2,1-4H3. The molecule has 0 amide bonds. The topological polar surface area (TPSA) is 29.3 Å². The van der Waals surface area contributed by atoms with Crippen molar-refractivity contribution < 1.29 is 0 Å². The van der Waals surface area contributed by atoms with Gasteiger partial charge in [-0.15, -0.1) is 0 Å². The van der Waals surface area contributed by atoms with Crippen LogP contribution in [0.15, 0.2) is 0 Å². The second-order valence-electron chi connectivity index (χ2n) is 5.83. The summed E-state index contributed by atoms with van der Waals surface area (Å²) < 4.78 is 0. The number of hydrogen-bond acceptors (Lipinski definition) is 2. The predicted octanol–water partition coefficient (Wildman–Crippen LogP) is 2.87. The maximum atomic E-state index is 6.32. The van der Waals surface area contributed by atoms with E-state index in [0.29, 0.717) is 12.1 Å². The van der Waals surface area contributed by atoms with E-state index >= 15 is 0 Å². The second-order valence-corrected chi connectivity index (χ2v) is 5.83. The molecule has 0 aliphatic carbocycles. The molecule has 0 spiro atoms. The molecule has 2 N–H and O–H groups in total. The van der Waals surface area contributed by atoms with Crippen LogP contribution in [0.25, 0.3) is 0 Å². The molecule has 0 aromatic rings. The van der Waals surface area contributed by atoms with E-state index in [0.717, 1.165) is 18.3 Å². The van der Waals surface area contributed by atoms with E-state index in [1.54, 1.807) is 0 Å². The van der Waals surface area contributed by atoms with E-state index in [-0.39, 0.29) is 0 Å². The van der Waals surface area contributed by atoms with E-state index in [4.69, 9.17) is 5.73 Å². The lowest BCUT2D eigenvalue weighted by molar-refractivity contribution is 0.0782. The van der Waals surface area contributed by atoms with E-state index in [9.17, 15) is 0 Å². The van der Waals surface area contributed by atoms with Crippen LogP contribution in [0.4, 0.5) is 0 Å². The Kier molecular flexibility index (Phi) is 5.77. The minimum atomic E-state index is 0.368. The molecule has 4 unspecified atom stereocenters. The zero-order valence-corrected chi connectivity index (χ0v) is 11.6. The van der Waals surface area contributed by atoms with Crippen LogP contribution in [0.3, 0.4) is 0 Å². The molecule has 96 valence electrons. The van der Waals surface area contributed by atoms with E-state index in [2.05, 4.69) is 32.6 Å². The quantitative estimate of drug-likeness (QED) is 0.781. The molecular weight excluding hydrogens is 196 g/mol. The predicted molar refractivity (Wildman–Crippen MR) is 71.5 cm³/mol. The Labute approximate surface area is 102 Å². The third kappa shape index (κ3) is 3.74. The van der Waals surface area contributed by atoms with Crippen LogP contribution in [0.5, 0.6) is 0 Å². The SMILES string of the molecule is CCCC(N)C(CC)N1CC(C)CC(C)C1. The fourth-order valence-corrected chi connectivity index (χ4v) is 3.34. The first-order valence-corrected chi connectivity index (χ1v) is 7.08. The van der Waals surface area contributed by atoms with Gasteiger partial charge in [-0.3, -0.25) is 4.90 Å². The number of nitrogens with two attached hydrogens (primary N) is 1. The minimum absolute atomic E-state index is 0.368. The molecule has 2 heteroatoms. The van der Waals surface area contributed by atoms with Crippen molar-refractivity contribution in [2.75, 3.05) is 13.1 Å². The highest BCUT2D eigenvalue weighted by atomic mass is 15.2. The zero-order valence-electron chi connectivity index (χ0n) is 11.6. The Morgan fingerprint density at radius 3 is 2.19 bits per heavy atom. The highest BCUT2D eigenvalue weighted by molar-refractivity contribution is 4.85. The molecule has 0 bridgehead atoms. The fourth-order valence-electron chi connectivity index (χ4n) is 3.34. The highest BCUT2D eigenvalue weighted by Crippen LogP contribution is 2.25. The van der Waals surface area contributed by atoms with Crippen molar-refractivity contribution in [1.82, 2.24) is 4.90 Å². The van der Waals surface area contributed by atoms with Crippen molar-refractivity contribution in [2.45, 2.75) is 65.5 Å². The summed E-state index contributed by atoms with van der Waals surface area (Å²) in [6.45, 7) is 11.8. The molecular formula is C14H30N2. The van der Waals surface area contributed by atoms with Crippen molar-refractivity contribution in [2.24, 2.45) is 17.6 Å². The Balaban J connectivity index is 2.57. The first-order chi connectivity index (χ1) is 7.58. The summed E-state index contributed by atoms with van der Waals surface area (Å²) in [7, 11) is 0. The molecule has 16 heavy (non-hydrogen) atoms. The van der Waals surface area contributed by atoms with Crippen molar-refractivity contribution in [3.63, 3.8) is 0 Å². The van der Waals surface area contributed by atoms with Gasteiger partial charge in [-0.2, -0.15) is 0 Å². The first kappa shape index (κ1) is 14.0. The Morgan fingerprint density at radius 1 is 1.19 bits per heavy atom. The molecule has 0 radical (unpaired) electrons. The van der Waals surface area contributed by atoms with Crippen molar-refractivity contribution in [3.8, 4) is 0 Å². The molecule has 0 aromatic carbocycles. The van der Waals surface area contributed by atoms with Gasteiger partial charge < -0.3 is 5.73 Å². The maximum absolute atomic E-state index is 6.32. The number of piperidine rings is 1. The Bertz CT molecular complexity index is 183. The zero-order chi connectivity index (χ0) is 12.1. The number of nitrogens with zero attached hydrogens (tertiary/aromatic N) is 1. The average molecular weight is 226 g/mol. The summed E-state index contributed by atoms with van der Waals surface area (Å²) in [5, 5.41) is 0. The van der Waals surface area contributed by atoms with Gasteiger partial charge >= 0.3 is 0 Å². The largest absolute Gasteiger partial charge is 0.326 e. The van der Waals surface area contributed by atoms with Crippen LogP contribution in [-0.2, 0) is 0 Å². The van der Waals surface area contributed by atoms with Crippen molar-refractivity contribution in [1.29, 1.82) is 0 Å². The van der Waals surface area contributed by atoms with Gasteiger partial charge in [0, 0.05) is 25.2 Å². The molecule has 1 fully saturated rings. The number of rotatable bonds is 5. The van der Waals surface area contributed by atoms with Crippen LogP contribution in [0.2, 0.25) is 0 Å². The molecule has 1 saturated heterocycles. The normalized spacial score (nSPS) is 31.3. The Hall–Kier alpha value is -0.0800. The maximum Gasteiger partial charge on any atom is 0.0244 e. The van der Waals surface area contributed by atoms with E-state index in [1.165, 1.54) is 32.4 Å². The van der Waals surface area contributed by atoms with Crippen LogP contribution in [0, 0.1) is 11.8 Å². The summed E-state index contributed by atoms with van der Waals surface area (Å²) in [5.74, 6) is 1.68. The number of hydrogen-bond donors (Lipinski definition) is 1. The molecule has 2 nitrogen and oxygen atoms in total. The van der Waals surface area contributed by atoms with Crippen LogP contribution in [0.1, 0.15) is 53.4 Å². The van der Waals surface area contributed by atoms with Gasteiger partial charge in [0.1, 0.15) is 0 Å². The third-order valence-electron chi connectivity index (χ3n) is 3.90. The molecule has 1 heterocycles. The lowest BCUT2D eigenvalue weighted by Crippen LogP contribution is -2.52. The van der Waals surface area contributed by atoms with Gasteiger partial charge in [-0.05, 0) is 31.1 Å². The van der Waals surface area contributed by atoms with Gasteiger partial charge in [0.25, 0.3) is 0 Å². The lowest BCUT2D eigenvalue weighted by Gasteiger charge is -2.42. The van der Waals surface area contributed by atoms with Gasteiger partial charge in [0.2, 0.25) is 0 Å². The first-order valence-electron chi connectivity index (χ1n) is 7.08. The molecule has 4 atom stereocenters. The lowest BCUT2D eigenvalue weighted by atomic mass is 9.88. The monoisotopic (exact) mass is 226 g/mol. The third-order valence-corrected chi connectivity index (χ3v) is 3.90. The van der Waals surface area contributed by atoms with Crippen LogP contribution < -0.4 is 5.73 Å². The molecule has 0 aromatic heterocycles. The van der Waals surface area contributed by atoms with Crippen LogP contribution >= 0.6 is 0 Å². The molecule has 1 rings (SSSR count). The van der Waals surface area contributed by atoms with Gasteiger partial charge in [0.05, 0.1) is 0 Å². The minimum Gasteiger partial charge on any atom is -0.326 e. The highest BCUT2D eigenvalue weighted by Gasteiger charge is 2.29. The van der Waals surface area contributed by atoms with Crippen molar-refractivity contribution >= 4 is 0 Å². The number of likely N-dealkylation sites (tertiary alicyclic amines) is 1. The van der Waals surface area contributed by atoms with E-state index < -0.39 is 0 Å². The molecule has 1 aliphatic rings. The average Bonchev–Trinajstić information content (AvgIpc) is 2.17. The summed E-state index contributed by atoms with van der Waals surface area (Å²) in [4.78, 5) is 2.65. The fraction of sp³-hybridized carbons (Fsp3) is 1.00.